The van der Waals surface area contributed by atoms with Crippen LogP contribution in [0.5, 0.6) is 0 Å². The minimum Gasteiger partial charge on any atom is -0.338 e. The lowest BCUT2D eigenvalue weighted by Gasteiger charge is -2.24. The summed E-state index contributed by atoms with van der Waals surface area (Å²) in [5, 5.41) is 0. The molecule has 6 heteroatoms. The molecule has 0 aromatic carbocycles. The molecule has 2 saturated heterocycles. The molecule has 98 valence electrons. The Bertz CT molecular complexity index is 407. The van der Waals surface area contributed by atoms with Crippen molar-refractivity contribution in [2.75, 3.05) is 38.7 Å². The summed E-state index contributed by atoms with van der Waals surface area (Å²) >= 11 is 0. The van der Waals surface area contributed by atoms with Gasteiger partial charge in [0, 0.05) is 38.4 Å². The number of amides is 1. The molecule has 0 N–H and O–H groups in total. The number of fused-ring (bicyclic) bond motifs is 1. The van der Waals surface area contributed by atoms with Gasteiger partial charge in [-0.05, 0) is 19.4 Å². The highest BCUT2D eigenvalue weighted by Gasteiger charge is 2.41. The summed E-state index contributed by atoms with van der Waals surface area (Å²) in [5.74, 6) is 0.552. The number of hydrogen-bond donors (Lipinski definition) is 0. The number of sulfone groups is 1. The smallest absolute Gasteiger partial charge is 0.223 e. The first-order valence-corrected chi connectivity index (χ1v) is 8.08. The van der Waals surface area contributed by atoms with Crippen LogP contribution in [0.4, 0.5) is 0 Å². The Labute approximate surface area is 103 Å². The van der Waals surface area contributed by atoms with Gasteiger partial charge in [-0.25, -0.2) is 8.42 Å². The Morgan fingerprint density at radius 3 is 2.71 bits per heavy atom. The molecule has 2 rings (SSSR count). The van der Waals surface area contributed by atoms with Crippen LogP contribution >= 0.6 is 0 Å². The van der Waals surface area contributed by atoms with Crippen LogP contribution in [-0.4, -0.2) is 68.9 Å². The summed E-state index contributed by atoms with van der Waals surface area (Å²) < 4.78 is 22.1. The van der Waals surface area contributed by atoms with Crippen LogP contribution < -0.4 is 0 Å². The van der Waals surface area contributed by atoms with Gasteiger partial charge in [-0.3, -0.25) is 4.79 Å². The molecule has 1 amide bonds. The van der Waals surface area contributed by atoms with Gasteiger partial charge in [0.05, 0.1) is 5.75 Å². The monoisotopic (exact) mass is 260 g/mol. The maximum atomic E-state index is 12.0. The quantitative estimate of drug-likeness (QED) is 0.692. The summed E-state index contributed by atoms with van der Waals surface area (Å²) in [6.45, 7) is 2.78. The highest BCUT2D eigenvalue weighted by molar-refractivity contribution is 7.90. The summed E-state index contributed by atoms with van der Waals surface area (Å²) in [4.78, 5) is 16.1. The van der Waals surface area contributed by atoms with E-state index in [9.17, 15) is 13.2 Å². The Hall–Kier alpha value is -0.620. The van der Waals surface area contributed by atoms with E-state index in [4.69, 9.17) is 0 Å². The summed E-state index contributed by atoms with van der Waals surface area (Å²) in [6.07, 6.45) is 2.36. The molecule has 2 heterocycles. The van der Waals surface area contributed by atoms with E-state index in [2.05, 4.69) is 11.9 Å². The lowest BCUT2D eigenvalue weighted by molar-refractivity contribution is -0.131. The van der Waals surface area contributed by atoms with Crippen LogP contribution in [0.15, 0.2) is 0 Å². The maximum absolute atomic E-state index is 12.0. The van der Waals surface area contributed by atoms with Crippen LogP contribution in [0.1, 0.15) is 12.8 Å². The second-order valence-corrected chi connectivity index (χ2v) is 7.56. The number of rotatable bonds is 3. The van der Waals surface area contributed by atoms with Gasteiger partial charge in [-0.2, -0.15) is 0 Å². The van der Waals surface area contributed by atoms with E-state index in [0.29, 0.717) is 12.0 Å². The fourth-order valence-corrected chi connectivity index (χ4v) is 3.44. The molecular formula is C11H20N2O3S. The van der Waals surface area contributed by atoms with Crippen LogP contribution in [0.25, 0.3) is 0 Å². The lowest BCUT2D eigenvalue weighted by Crippen LogP contribution is -2.39. The molecule has 0 bridgehead atoms. The Kier molecular flexibility index (Phi) is 3.45. The molecular weight excluding hydrogens is 240 g/mol. The van der Waals surface area contributed by atoms with E-state index < -0.39 is 9.84 Å². The molecule has 2 atom stereocenters. The molecule has 2 fully saturated rings. The van der Waals surface area contributed by atoms with Gasteiger partial charge in [0.25, 0.3) is 0 Å². The Balaban J connectivity index is 1.92. The minimum atomic E-state index is -3.04. The predicted octanol–water partition coefficient (Wildman–Crippen LogP) is -0.416. The van der Waals surface area contributed by atoms with Crippen molar-refractivity contribution >= 4 is 15.7 Å². The van der Waals surface area contributed by atoms with Gasteiger partial charge < -0.3 is 9.80 Å². The molecule has 0 aromatic rings. The third kappa shape index (κ3) is 2.98. The van der Waals surface area contributed by atoms with Gasteiger partial charge in [0.2, 0.25) is 5.91 Å². The number of carbonyl (C=O) groups is 1. The van der Waals surface area contributed by atoms with E-state index in [1.807, 2.05) is 4.90 Å². The first-order valence-electron chi connectivity index (χ1n) is 6.02. The largest absolute Gasteiger partial charge is 0.338 e. The Morgan fingerprint density at radius 1 is 1.35 bits per heavy atom. The zero-order chi connectivity index (χ0) is 12.6. The lowest BCUT2D eigenvalue weighted by atomic mass is 10.1. The van der Waals surface area contributed by atoms with Crippen LogP contribution in [-0.2, 0) is 14.6 Å². The molecule has 17 heavy (non-hydrogen) atoms. The standard InChI is InChI=1S/C11H20N2O3S/c1-12-7-9-3-5-13(10(9)8-12)11(14)4-6-17(2,15)16/h9-10H,3-8H2,1-2H3/t9-,10+/m0/s1. The summed E-state index contributed by atoms with van der Waals surface area (Å²) in [5.41, 5.74) is 0. The number of likely N-dealkylation sites (N-methyl/N-ethyl adjacent to an activating group) is 1. The number of hydrogen-bond acceptors (Lipinski definition) is 4. The molecule has 0 radical (unpaired) electrons. The van der Waals surface area contributed by atoms with Crippen LogP contribution in [0.2, 0.25) is 0 Å². The van der Waals surface area contributed by atoms with E-state index in [0.717, 1.165) is 26.1 Å². The van der Waals surface area contributed by atoms with Gasteiger partial charge in [0.15, 0.2) is 0 Å². The van der Waals surface area contributed by atoms with Crippen molar-refractivity contribution in [3.63, 3.8) is 0 Å². The van der Waals surface area contributed by atoms with Crippen molar-refractivity contribution in [3.8, 4) is 0 Å². The molecule has 0 unspecified atom stereocenters. The third-order valence-electron chi connectivity index (χ3n) is 3.74. The van der Waals surface area contributed by atoms with Crippen molar-refractivity contribution in [2.45, 2.75) is 18.9 Å². The predicted molar refractivity (Wildman–Crippen MR) is 65.4 cm³/mol. The first-order chi connectivity index (χ1) is 7.87. The fraction of sp³-hybridized carbons (Fsp3) is 0.909. The second-order valence-electron chi connectivity index (χ2n) is 5.30. The number of nitrogens with zero attached hydrogens (tertiary/aromatic N) is 2. The van der Waals surface area contributed by atoms with Gasteiger partial charge >= 0.3 is 0 Å². The highest BCUT2D eigenvalue weighted by Crippen LogP contribution is 2.30. The van der Waals surface area contributed by atoms with Crippen molar-refractivity contribution in [1.29, 1.82) is 0 Å². The zero-order valence-corrected chi connectivity index (χ0v) is 11.2. The van der Waals surface area contributed by atoms with Crippen molar-refractivity contribution in [1.82, 2.24) is 9.80 Å². The van der Waals surface area contributed by atoms with Gasteiger partial charge in [0.1, 0.15) is 9.84 Å². The molecule has 0 spiro atoms. The summed E-state index contributed by atoms with van der Waals surface area (Å²) in [7, 11) is -0.973. The number of likely N-dealkylation sites (tertiary alicyclic amines) is 2. The van der Waals surface area contributed by atoms with E-state index in [1.165, 1.54) is 6.26 Å². The molecule has 2 aliphatic rings. The van der Waals surface area contributed by atoms with Crippen LogP contribution in [0.3, 0.4) is 0 Å². The molecule has 0 aromatic heterocycles. The van der Waals surface area contributed by atoms with Gasteiger partial charge in [-0.15, -0.1) is 0 Å². The average Bonchev–Trinajstić information content (AvgIpc) is 2.71. The third-order valence-corrected chi connectivity index (χ3v) is 4.68. The molecule has 5 nitrogen and oxygen atoms in total. The summed E-state index contributed by atoms with van der Waals surface area (Å²) in [6, 6.07) is 0.312. The van der Waals surface area contributed by atoms with Gasteiger partial charge in [-0.1, -0.05) is 0 Å². The van der Waals surface area contributed by atoms with E-state index >= 15 is 0 Å². The molecule has 2 aliphatic heterocycles. The SMILES string of the molecule is CN1C[C@@H]2CCN(C(=O)CCS(C)(=O)=O)[C@@H]2C1. The van der Waals surface area contributed by atoms with Crippen molar-refractivity contribution in [2.24, 2.45) is 5.92 Å². The maximum Gasteiger partial charge on any atom is 0.223 e. The highest BCUT2D eigenvalue weighted by atomic mass is 32.2. The van der Waals surface area contributed by atoms with E-state index in [-0.39, 0.29) is 18.1 Å². The van der Waals surface area contributed by atoms with Crippen molar-refractivity contribution in [3.05, 3.63) is 0 Å². The normalized spacial score (nSPS) is 29.6. The average molecular weight is 260 g/mol. The Morgan fingerprint density at radius 2 is 2.06 bits per heavy atom. The van der Waals surface area contributed by atoms with E-state index in [1.54, 1.807) is 0 Å². The fourth-order valence-electron chi connectivity index (χ4n) is 2.90. The minimum absolute atomic E-state index is 0.00164. The second kappa shape index (κ2) is 4.57. The first kappa shape index (κ1) is 12.8. The zero-order valence-electron chi connectivity index (χ0n) is 10.4. The van der Waals surface area contributed by atoms with Crippen molar-refractivity contribution < 1.29 is 13.2 Å². The molecule has 0 aliphatic carbocycles. The number of carbonyl (C=O) groups excluding carboxylic acids is 1. The topological polar surface area (TPSA) is 57.7 Å². The molecule has 0 saturated carbocycles. The van der Waals surface area contributed by atoms with Crippen LogP contribution in [0, 0.1) is 5.92 Å².